The summed E-state index contributed by atoms with van der Waals surface area (Å²) in [4.78, 5) is 61.4. The van der Waals surface area contributed by atoms with E-state index in [-0.39, 0.29) is 72.4 Å². The summed E-state index contributed by atoms with van der Waals surface area (Å²) in [6.07, 6.45) is 5.88. The van der Waals surface area contributed by atoms with Crippen LogP contribution in [0.1, 0.15) is 113 Å². The van der Waals surface area contributed by atoms with Gasteiger partial charge in [0, 0.05) is 43.6 Å². The van der Waals surface area contributed by atoms with Crippen LogP contribution in [0.5, 0.6) is 0 Å². The molecule has 0 amide bonds. The molecule has 0 saturated carbocycles. The molecule has 1 aliphatic carbocycles. The van der Waals surface area contributed by atoms with Crippen LogP contribution in [0.15, 0.2) is 12.1 Å². The lowest BCUT2D eigenvalue weighted by Crippen LogP contribution is -2.30. The van der Waals surface area contributed by atoms with Gasteiger partial charge in [0.1, 0.15) is 23.1 Å². The van der Waals surface area contributed by atoms with Crippen LogP contribution in [-0.2, 0) is 32.0 Å². The third-order valence-corrected chi connectivity index (χ3v) is 7.53. The molecule has 0 bridgehead atoms. The zero-order chi connectivity index (χ0) is 26.1. The Kier molecular flexibility index (Phi) is 11.2. The van der Waals surface area contributed by atoms with E-state index < -0.39 is 0 Å². The van der Waals surface area contributed by atoms with Crippen molar-refractivity contribution in [3.05, 3.63) is 34.4 Å². The molecule has 3 unspecified atom stereocenters. The van der Waals surface area contributed by atoms with Gasteiger partial charge in [0.15, 0.2) is 5.78 Å². The summed E-state index contributed by atoms with van der Waals surface area (Å²) in [5.41, 5.74) is 3.53. The van der Waals surface area contributed by atoms with Crippen LogP contribution in [0, 0.1) is 24.7 Å². The van der Waals surface area contributed by atoms with Crippen molar-refractivity contribution in [1.82, 2.24) is 0 Å². The first-order chi connectivity index (χ1) is 16.6. The van der Waals surface area contributed by atoms with E-state index in [1.165, 1.54) is 6.92 Å². The van der Waals surface area contributed by atoms with Gasteiger partial charge in [-0.1, -0.05) is 45.7 Å². The molecule has 0 aliphatic heterocycles. The Morgan fingerprint density at radius 1 is 1.00 bits per heavy atom. The SMILES string of the molecule is CCCC(CC1CC(=O)c2c(ccc(CC(=O)CCC(=O)CC)c2C)C1)C(CC)C(=O)CC(C)=O. The molecule has 1 aromatic rings. The van der Waals surface area contributed by atoms with Crippen LogP contribution in [0.25, 0.3) is 0 Å². The average molecular weight is 483 g/mol. The van der Waals surface area contributed by atoms with Crippen molar-refractivity contribution in [3.63, 3.8) is 0 Å². The molecular formula is C30H42O5. The topological polar surface area (TPSA) is 85.3 Å². The molecule has 0 heterocycles. The number of Topliss-reactive ketones (excluding diaryl/α,β-unsaturated/α-hetero) is 5. The fraction of sp³-hybridized carbons (Fsp3) is 0.633. The Morgan fingerprint density at radius 3 is 2.29 bits per heavy atom. The quantitative estimate of drug-likeness (QED) is 0.287. The number of hydrogen-bond donors (Lipinski definition) is 0. The van der Waals surface area contributed by atoms with Crippen molar-refractivity contribution in [2.45, 2.75) is 105 Å². The lowest BCUT2D eigenvalue weighted by Gasteiger charge is -2.32. The van der Waals surface area contributed by atoms with Crippen molar-refractivity contribution in [2.24, 2.45) is 17.8 Å². The number of benzene rings is 1. The highest BCUT2D eigenvalue weighted by atomic mass is 16.2. The average Bonchev–Trinajstić information content (AvgIpc) is 2.79. The van der Waals surface area contributed by atoms with Crippen molar-refractivity contribution >= 4 is 28.9 Å². The lowest BCUT2D eigenvalue weighted by molar-refractivity contribution is -0.130. The number of carbonyl (C=O) groups excluding carboxylic acids is 5. The molecule has 0 N–H and O–H groups in total. The first-order valence-electron chi connectivity index (χ1n) is 13.3. The third-order valence-electron chi connectivity index (χ3n) is 7.53. The maximum Gasteiger partial charge on any atom is 0.163 e. The van der Waals surface area contributed by atoms with Crippen molar-refractivity contribution < 1.29 is 24.0 Å². The van der Waals surface area contributed by atoms with Crippen LogP contribution < -0.4 is 0 Å². The first-order valence-corrected chi connectivity index (χ1v) is 13.3. The zero-order valence-corrected chi connectivity index (χ0v) is 22.2. The summed E-state index contributed by atoms with van der Waals surface area (Å²) in [5.74, 6) is 0.403. The van der Waals surface area contributed by atoms with E-state index in [2.05, 4.69) is 6.92 Å². The van der Waals surface area contributed by atoms with E-state index in [0.717, 1.165) is 47.9 Å². The largest absolute Gasteiger partial charge is 0.300 e. The molecule has 35 heavy (non-hydrogen) atoms. The normalized spacial score (nSPS) is 16.9. The molecule has 3 atom stereocenters. The van der Waals surface area contributed by atoms with Crippen LogP contribution >= 0.6 is 0 Å². The highest BCUT2D eigenvalue weighted by Gasteiger charge is 2.33. The number of rotatable bonds is 15. The minimum absolute atomic E-state index is 0.00154. The van der Waals surface area contributed by atoms with Crippen molar-refractivity contribution in [1.29, 1.82) is 0 Å². The van der Waals surface area contributed by atoms with Gasteiger partial charge in [0.2, 0.25) is 0 Å². The summed E-state index contributed by atoms with van der Waals surface area (Å²) in [6.45, 7) is 9.31. The molecule has 192 valence electrons. The summed E-state index contributed by atoms with van der Waals surface area (Å²) in [7, 11) is 0. The maximum atomic E-state index is 13.2. The van der Waals surface area contributed by atoms with Gasteiger partial charge >= 0.3 is 0 Å². The van der Waals surface area contributed by atoms with E-state index in [1.54, 1.807) is 6.92 Å². The number of carbonyl (C=O) groups is 5. The minimum Gasteiger partial charge on any atom is -0.300 e. The Morgan fingerprint density at radius 2 is 1.69 bits per heavy atom. The van der Waals surface area contributed by atoms with Gasteiger partial charge in [0.05, 0.1) is 6.42 Å². The molecule has 5 heteroatoms. The second-order valence-electron chi connectivity index (χ2n) is 10.3. The van der Waals surface area contributed by atoms with E-state index in [0.29, 0.717) is 19.3 Å². The molecule has 5 nitrogen and oxygen atoms in total. The molecule has 0 fully saturated rings. The summed E-state index contributed by atoms with van der Waals surface area (Å²) in [6, 6.07) is 3.94. The molecule has 1 aromatic carbocycles. The van der Waals surface area contributed by atoms with Gasteiger partial charge in [-0.3, -0.25) is 24.0 Å². The van der Waals surface area contributed by atoms with E-state index >= 15 is 0 Å². The molecule has 0 spiro atoms. The Balaban J connectivity index is 2.15. The predicted octanol–water partition coefficient (Wildman–Crippen LogP) is 5.99. The van der Waals surface area contributed by atoms with Crippen LogP contribution in [0.4, 0.5) is 0 Å². The molecule has 0 aromatic heterocycles. The standard InChI is InChI=1S/C30H42O5/c1-6-9-23(27(8-3)28(34)14-19(4)31)15-21-16-24-11-10-22(20(5)30(24)29(35)17-21)18-26(33)13-12-25(32)7-2/h10-11,21,23,27H,6-9,12-18H2,1-5H3. The Labute approximate surface area is 210 Å². The molecule has 0 radical (unpaired) electrons. The summed E-state index contributed by atoms with van der Waals surface area (Å²) < 4.78 is 0. The highest BCUT2D eigenvalue weighted by molar-refractivity contribution is 6.01. The van der Waals surface area contributed by atoms with Crippen molar-refractivity contribution in [3.8, 4) is 0 Å². The fourth-order valence-electron chi connectivity index (χ4n) is 5.71. The van der Waals surface area contributed by atoms with Crippen LogP contribution in [0.3, 0.4) is 0 Å². The smallest absolute Gasteiger partial charge is 0.163 e. The van der Waals surface area contributed by atoms with E-state index in [9.17, 15) is 24.0 Å². The Bertz CT molecular complexity index is 958. The van der Waals surface area contributed by atoms with E-state index in [4.69, 9.17) is 0 Å². The molecule has 1 aliphatic rings. The second-order valence-corrected chi connectivity index (χ2v) is 10.3. The lowest BCUT2D eigenvalue weighted by atomic mass is 9.72. The Hall–Kier alpha value is -2.43. The van der Waals surface area contributed by atoms with Gasteiger partial charge in [-0.05, 0) is 61.6 Å². The molecule has 2 rings (SSSR count). The zero-order valence-electron chi connectivity index (χ0n) is 22.2. The second kappa shape index (κ2) is 13.6. The van der Waals surface area contributed by atoms with Gasteiger partial charge in [-0.15, -0.1) is 0 Å². The minimum atomic E-state index is -0.134. The number of fused-ring (bicyclic) bond motifs is 1. The first kappa shape index (κ1) is 28.8. The van der Waals surface area contributed by atoms with Crippen LogP contribution in [-0.4, -0.2) is 28.9 Å². The highest BCUT2D eigenvalue weighted by Crippen LogP contribution is 2.37. The fourth-order valence-corrected chi connectivity index (χ4v) is 5.71. The third kappa shape index (κ3) is 8.05. The van der Waals surface area contributed by atoms with Crippen molar-refractivity contribution in [2.75, 3.05) is 0 Å². The summed E-state index contributed by atoms with van der Waals surface area (Å²) >= 11 is 0. The monoisotopic (exact) mass is 482 g/mol. The predicted molar refractivity (Wildman–Crippen MR) is 138 cm³/mol. The molecule has 0 saturated heterocycles. The van der Waals surface area contributed by atoms with Gasteiger partial charge < -0.3 is 0 Å². The van der Waals surface area contributed by atoms with Gasteiger partial charge in [-0.2, -0.15) is 0 Å². The number of hydrogen-bond acceptors (Lipinski definition) is 5. The number of ketones is 5. The maximum absolute atomic E-state index is 13.2. The van der Waals surface area contributed by atoms with Crippen LogP contribution in [0.2, 0.25) is 0 Å². The van der Waals surface area contributed by atoms with Gasteiger partial charge in [-0.25, -0.2) is 0 Å². The molecular weight excluding hydrogens is 440 g/mol. The van der Waals surface area contributed by atoms with Gasteiger partial charge in [0.25, 0.3) is 0 Å². The van der Waals surface area contributed by atoms with E-state index in [1.807, 2.05) is 26.0 Å². The summed E-state index contributed by atoms with van der Waals surface area (Å²) in [5, 5.41) is 0.